The predicted molar refractivity (Wildman–Crippen MR) is 133 cm³/mol. The maximum atomic E-state index is 12.9. The summed E-state index contributed by atoms with van der Waals surface area (Å²) in [5.74, 6) is 0.0332. The van der Waals surface area contributed by atoms with Crippen molar-refractivity contribution >= 4 is 17.2 Å². The first kappa shape index (κ1) is 24.3. The second-order valence-corrected chi connectivity index (χ2v) is 11.9. The molecule has 3 heterocycles. The molecule has 3 aliphatic rings. The molecule has 34 heavy (non-hydrogen) atoms. The zero-order valence-corrected chi connectivity index (χ0v) is 21.2. The van der Waals surface area contributed by atoms with Crippen LogP contribution in [-0.2, 0) is 9.53 Å². The topological polar surface area (TPSA) is 99.1 Å². The lowest BCUT2D eigenvalue weighted by Gasteiger charge is -2.45. The number of hydrogen-bond acceptors (Lipinski definition) is 6. The molecule has 2 aliphatic heterocycles. The average Bonchev–Trinajstić information content (AvgIpc) is 3.21. The van der Waals surface area contributed by atoms with Crippen LogP contribution in [0, 0.1) is 16.7 Å². The lowest BCUT2D eigenvalue weighted by molar-refractivity contribution is -0.162. The van der Waals surface area contributed by atoms with Crippen LogP contribution < -0.4 is 16.0 Å². The van der Waals surface area contributed by atoms with Gasteiger partial charge in [-0.1, -0.05) is 19.9 Å². The van der Waals surface area contributed by atoms with Crippen LogP contribution in [0.4, 0.5) is 5.69 Å². The first-order chi connectivity index (χ1) is 15.9. The molecule has 0 aromatic carbocycles. The summed E-state index contributed by atoms with van der Waals surface area (Å²) in [5, 5.41) is 17.9. The summed E-state index contributed by atoms with van der Waals surface area (Å²) >= 11 is 0. The van der Waals surface area contributed by atoms with Gasteiger partial charge < -0.3 is 20.7 Å². The van der Waals surface area contributed by atoms with Crippen molar-refractivity contribution < 1.29 is 9.53 Å². The van der Waals surface area contributed by atoms with Gasteiger partial charge in [-0.3, -0.25) is 9.78 Å². The van der Waals surface area contributed by atoms with E-state index in [1.165, 1.54) is 11.8 Å². The molecule has 7 heteroatoms. The van der Waals surface area contributed by atoms with Gasteiger partial charge in [-0.2, -0.15) is 5.26 Å². The maximum absolute atomic E-state index is 12.9. The second kappa shape index (κ2) is 8.74. The summed E-state index contributed by atoms with van der Waals surface area (Å²) in [6.45, 7) is 13.2. The molecule has 0 radical (unpaired) electrons. The van der Waals surface area contributed by atoms with Crippen LogP contribution in [0.15, 0.2) is 30.1 Å². The van der Waals surface area contributed by atoms with Gasteiger partial charge in [-0.15, -0.1) is 0 Å². The zero-order valence-electron chi connectivity index (χ0n) is 21.2. The molecule has 1 amide bonds. The van der Waals surface area contributed by atoms with E-state index in [1.807, 2.05) is 18.2 Å². The van der Waals surface area contributed by atoms with Gasteiger partial charge in [0.25, 0.3) is 5.91 Å². The van der Waals surface area contributed by atoms with Crippen molar-refractivity contribution in [2.75, 3.05) is 5.32 Å². The number of nitrogens with one attached hydrogen (secondary N) is 3. The Morgan fingerprint density at radius 3 is 2.47 bits per heavy atom. The Kier molecular flexibility index (Phi) is 6.24. The van der Waals surface area contributed by atoms with Crippen molar-refractivity contribution in [1.29, 1.82) is 5.26 Å². The number of hydrogen-bond donors (Lipinski definition) is 3. The first-order valence-corrected chi connectivity index (χ1v) is 12.2. The van der Waals surface area contributed by atoms with Gasteiger partial charge in [0, 0.05) is 17.8 Å². The van der Waals surface area contributed by atoms with Gasteiger partial charge in [-0.25, -0.2) is 0 Å². The smallest absolute Gasteiger partial charge is 0.267 e. The molecule has 1 unspecified atom stereocenters. The Hall–Kier alpha value is -2.85. The first-order valence-electron chi connectivity index (χ1n) is 12.2. The standard InChI is InChI=1S/C27H37N5O2/c1-25(2)11-9-17(10-12-25)22-21(32-24(33)23-29-16-19(15-28)30-23)8-7-20(31-22)18-13-26(3,4)34-27(5,6)14-18/h7-9,16,18,23,29-30H,10-14H2,1-6H3,(H,32,33). The van der Waals surface area contributed by atoms with Crippen molar-refractivity contribution in [3.05, 3.63) is 41.5 Å². The number of ether oxygens (including phenoxy) is 1. The lowest BCUT2D eigenvalue weighted by Crippen LogP contribution is -2.44. The minimum Gasteiger partial charge on any atom is -0.370 e. The lowest BCUT2D eigenvalue weighted by atomic mass is 9.77. The van der Waals surface area contributed by atoms with Crippen molar-refractivity contribution in [2.24, 2.45) is 5.41 Å². The van der Waals surface area contributed by atoms with Crippen molar-refractivity contribution in [3.8, 4) is 6.07 Å². The van der Waals surface area contributed by atoms with Gasteiger partial charge in [0.05, 0.1) is 22.6 Å². The molecule has 0 saturated carbocycles. The number of rotatable bonds is 4. The van der Waals surface area contributed by atoms with Crippen LogP contribution in [0.1, 0.15) is 91.0 Å². The molecule has 7 nitrogen and oxygen atoms in total. The van der Waals surface area contributed by atoms with E-state index in [0.717, 1.165) is 43.5 Å². The van der Waals surface area contributed by atoms with E-state index in [0.29, 0.717) is 11.4 Å². The van der Waals surface area contributed by atoms with Gasteiger partial charge >= 0.3 is 0 Å². The number of carbonyl (C=O) groups is 1. The number of aromatic nitrogens is 1. The molecule has 1 aromatic rings. The zero-order chi connectivity index (χ0) is 24.7. The summed E-state index contributed by atoms with van der Waals surface area (Å²) in [5.41, 5.74) is 3.97. The van der Waals surface area contributed by atoms with Crippen LogP contribution in [0.3, 0.4) is 0 Å². The van der Waals surface area contributed by atoms with E-state index in [1.54, 1.807) is 0 Å². The molecular formula is C27H37N5O2. The van der Waals surface area contributed by atoms with E-state index >= 15 is 0 Å². The number of pyridine rings is 1. The fourth-order valence-corrected chi connectivity index (χ4v) is 5.45. The largest absolute Gasteiger partial charge is 0.370 e. The summed E-state index contributed by atoms with van der Waals surface area (Å²) < 4.78 is 6.30. The summed E-state index contributed by atoms with van der Waals surface area (Å²) in [6, 6.07) is 6.05. The highest BCUT2D eigenvalue weighted by molar-refractivity contribution is 5.97. The summed E-state index contributed by atoms with van der Waals surface area (Å²) in [7, 11) is 0. The minimum absolute atomic E-state index is 0.222. The number of anilines is 1. The van der Waals surface area contributed by atoms with Crippen LogP contribution in [0.2, 0.25) is 0 Å². The minimum atomic E-state index is -0.682. The molecule has 1 saturated heterocycles. The Morgan fingerprint density at radius 2 is 1.88 bits per heavy atom. The van der Waals surface area contributed by atoms with Crippen molar-refractivity contribution in [3.63, 3.8) is 0 Å². The van der Waals surface area contributed by atoms with E-state index in [4.69, 9.17) is 15.0 Å². The van der Waals surface area contributed by atoms with E-state index < -0.39 is 6.17 Å². The fraction of sp³-hybridized carbons (Fsp3) is 0.593. The molecule has 1 aliphatic carbocycles. The molecule has 182 valence electrons. The van der Waals surface area contributed by atoms with Crippen LogP contribution in [-0.4, -0.2) is 28.3 Å². The molecule has 1 fully saturated rings. The molecule has 1 atom stereocenters. The van der Waals surface area contributed by atoms with E-state index in [-0.39, 0.29) is 28.4 Å². The van der Waals surface area contributed by atoms with E-state index in [9.17, 15) is 4.79 Å². The van der Waals surface area contributed by atoms with Gasteiger partial charge in [-0.05, 0) is 82.9 Å². The highest BCUT2D eigenvalue weighted by atomic mass is 16.5. The van der Waals surface area contributed by atoms with Crippen molar-refractivity contribution in [2.45, 2.75) is 96.9 Å². The number of nitriles is 1. The molecule has 3 N–H and O–H groups in total. The summed E-state index contributed by atoms with van der Waals surface area (Å²) in [6.07, 6.45) is 7.92. The van der Waals surface area contributed by atoms with Gasteiger partial charge in [0.15, 0.2) is 6.17 Å². The van der Waals surface area contributed by atoms with E-state index in [2.05, 4.69) is 63.6 Å². The Balaban J connectivity index is 1.65. The quantitative estimate of drug-likeness (QED) is 0.584. The highest BCUT2D eigenvalue weighted by Gasteiger charge is 2.40. The number of nitrogens with zero attached hydrogens (tertiary/aromatic N) is 2. The Bertz CT molecular complexity index is 1060. The Morgan fingerprint density at radius 1 is 1.18 bits per heavy atom. The molecule has 0 spiro atoms. The van der Waals surface area contributed by atoms with Gasteiger partial charge in [0.2, 0.25) is 0 Å². The summed E-state index contributed by atoms with van der Waals surface area (Å²) in [4.78, 5) is 18.1. The third-order valence-electron chi connectivity index (χ3n) is 6.97. The number of carbonyl (C=O) groups excluding carboxylic acids is 1. The average molecular weight is 464 g/mol. The molecule has 1 aromatic heterocycles. The normalized spacial score (nSPS) is 25.3. The second-order valence-electron chi connectivity index (χ2n) is 11.9. The predicted octanol–water partition coefficient (Wildman–Crippen LogP) is 4.95. The number of allylic oxidation sites excluding steroid dienone is 3. The highest BCUT2D eigenvalue weighted by Crippen LogP contribution is 2.44. The van der Waals surface area contributed by atoms with Gasteiger partial charge in [0.1, 0.15) is 11.8 Å². The maximum Gasteiger partial charge on any atom is 0.267 e. The van der Waals surface area contributed by atoms with Crippen molar-refractivity contribution in [1.82, 2.24) is 15.6 Å². The van der Waals surface area contributed by atoms with Crippen LogP contribution in [0.25, 0.3) is 5.57 Å². The third-order valence-corrected chi connectivity index (χ3v) is 6.97. The molecule has 0 bridgehead atoms. The number of amides is 1. The fourth-order valence-electron chi connectivity index (χ4n) is 5.45. The molecule has 4 rings (SSSR count). The monoisotopic (exact) mass is 463 g/mol. The molecular weight excluding hydrogens is 426 g/mol. The van der Waals surface area contributed by atoms with Crippen LogP contribution >= 0.6 is 0 Å². The van der Waals surface area contributed by atoms with Crippen LogP contribution in [0.5, 0.6) is 0 Å². The third kappa shape index (κ3) is 5.44. The SMILES string of the molecule is CC1(C)CC=C(c2nc(C3CC(C)(C)OC(C)(C)C3)ccc2NC(=O)C2NC=C(C#N)N2)CC1. The Labute approximate surface area is 203 Å².